The monoisotopic (exact) mass is 244 g/mol. The Morgan fingerprint density at radius 3 is 2.61 bits per heavy atom. The summed E-state index contributed by atoms with van der Waals surface area (Å²) >= 11 is 0. The maximum atomic E-state index is 12.1. The normalized spacial score (nSPS) is 10.3. The van der Waals surface area contributed by atoms with Crippen molar-refractivity contribution in [3.63, 3.8) is 0 Å². The minimum absolute atomic E-state index is 0.162. The lowest BCUT2D eigenvalue weighted by molar-refractivity contribution is 0.0780. The number of nitrogen functional groups attached to an aromatic ring is 1. The molecule has 2 rings (SSSR count). The molecule has 0 atom stereocenters. The molecule has 18 heavy (non-hydrogen) atoms. The van der Waals surface area contributed by atoms with Gasteiger partial charge in [-0.3, -0.25) is 9.89 Å². The molecule has 5 heteroatoms. The van der Waals surface area contributed by atoms with Gasteiger partial charge in [0.05, 0.1) is 11.9 Å². The molecule has 3 N–H and O–H groups in total. The standard InChI is InChI=1S/C13H16N4O/c1-9-3-5-10(6-4-9)8-17(2)13(18)12-11(14)7-15-16-12/h3-7H,8,14H2,1-2H3,(H,15,16). The number of aryl methyl sites for hydroxylation is 1. The van der Waals surface area contributed by atoms with Crippen molar-refractivity contribution in [1.29, 1.82) is 0 Å². The lowest BCUT2D eigenvalue weighted by atomic mass is 10.1. The first kappa shape index (κ1) is 12.2. The van der Waals surface area contributed by atoms with E-state index in [-0.39, 0.29) is 5.91 Å². The van der Waals surface area contributed by atoms with Crippen molar-refractivity contribution in [3.8, 4) is 0 Å². The molecule has 1 amide bonds. The summed E-state index contributed by atoms with van der Waals surface area (Å²) in [4.78, 5) is 13.7. The van der Waals surface area contributed by atoms with Gasteiger partial charge in [0.1, 0.15) is 5.69 Å². The Balaban J connectivity index is 2.08. The van der Waals surface area contributed by atoms with Gasteiger partial charge in [-0.15, -0.1) is 0 Å². The number of amides is 1. The number of benzene rings is 1. The number of nitrogens with zero attached hydrogens (tertiary/aromatic N) is 2. The van der Waals surface area contributed by atoms with Gasteiger partial charge in [0, 0.05) is 13.6 Å². The second kappa shape index (κ2) is 4.91. The van der Waals surface area contributed by atoms with Crippen LogP contribution >= 0.6 is 0 Å². The molecule has 0 saturated heterocycles. The summed E-state index contributed by atoms with van der Waals surface area (Å²) < 4.78 is 0. The van der Waals surface area contributed by atoms with Crippen LogP contribution in [0.25, 0.3) is 0 Å². The predicted molar refractivity (Wildman–Crippen MR) is 70.0 cm³/mol. The van der Waals surface area contributed by atoms with E-state index in [0.29, 0.717) is 17.9 Å². The van der Waals surface area contributed by atoms with Crippen molar-refractivity contribution in [1.82, 2.24) is 15.1 Å². The number of hydrogen-bond donors (Lipinski definition) is 2. The first-order chi connectivity index (χ1) is 8.58. The summed E-state index contributed by atoms with van der Waals surface area (Å²) in [5.74, 6) is -0.162. The number of rotatable bonds is 3. The molecule has 94 valence electrons. The molecular weight excluding hydrogens is 228 g/mol. The molecule has 2 aromatic rings. The van der Waals surface area contributed by atoms with Crippen LogP contribution in [0.15, 0.2) is 30.5 Å². The Hall–Kier alpha value is -2.30. The summed E-state index contributed by atoms with van der Waals surface area (Å²) in [6.45, 7) is 2.57. The molecule has 0 fully saturated rings. The molecule has 0 spiro atoms. The van der Waals surface area contributed by atoms with E-state index in [9.17, 15) is 4.79 Å². The molecule has 0 aliphatic rings. The number of H-pyrrole nitrogens is 1. The van der Waals surface area contributed by atoms with Gasteiger partial charge in [0.25, 0.3) is 5.91 Å². The van der Waals surface area contributed by atoms with Crippen molar-refractivity contribution in [2.45, 2.75) is 13.5 Å². The molecule has 1 heterocycles. The summed E-state index contributed by atoms with van der Waals surface area (Å²) in [6, 6.07) is 8.07. The van der Waals surface area contributed by atoms with Crippen LogP contribution in [0.4, 0.5) is 5.69 Å². The number of nitrogens with two attached hydrogens (primary N) is 1. The summed E-state index contributed by atoms with van der Waals surface area (Å²) in [6.07, 6.45) is 1.44. The Morgan fingerprint density at radius 2 is 2.06 bits per heavy atom. The topological polar surface area (TPSA) is 75.0 Å². The number of aromatic nitrogens is 2. The van der Waals surface area contributed by atoms with Crippen molar-refractivity contribution < 1.29 is 4.79 Å². The van der Waals surface area contributed by atoms with E-state index < -0.39 is 0 Å². The fourth-order valence-electron chi connectivity index (χ4n) is 1.70. The van der Waals surface area contributed by atoms with Crippen LogP contribution in [0, 0.1) is 6.92 Å². The highest BCUT2D eigenvalue weighted by molar-refractivity contribution is 5.96. The van der Waals surface area contributed by atoms with Gasteiger partial charge in [0.15, 0.2) is 0 Å². The quantitative estimate of drug-likeness (QED) is 0.860. The number of anilines is 1. The van der Waals surface area contributed by atoms with E-state index in [0.717, 1.165) is 5.56 Å². The second-order valence-corrected chi connectivity index (χ2v) is 4.35. The predicted octanol–water partition coefficient (Wildman–Crippen LogP) is 1.57. The highest BCUT2D eigenvalue weighted by atomic mass is 16.2. The van der Waals surface area contributed by atoms with Crippen LogP contribution in [-0.2, 0) is 6.54 Å². The fraction of sp³-hybridized carbons (Fsp3) is 0.231. The smallest absolute Gasteiger partial charge is 0.274 e. The SMILES string of the molecule is Cc1ccc(CN(C)C(=O)c2[nH]ncc2N)cc1. The maximum absolute atomic E-state index is 12.1. The second-order valence-electron chi connectivity index (χ2n) is 4.35. The van der Waals surface area contributed by atoms with Crippen molar-refractivity contribution >= 4 is 11.6 Å². The van der Waals surface area contributed by atoms with Gasteiger partial charge in [-0.05, 0) is 12.5 Å². The Morgan fingerprint density at radius 1 is 1.39 bits per heavy atom. The van der Waals surface area contributed by atoms with Crippen LogP contribution in [0.1, 0.15) is 21.6 Å². The highest BCUT2D eigenvalue weighted by Crippen LogP contribution is 2.12. The Kier molecular flexibility index (Phi) is 3.32. The minimum atomic E-state index is -0.162. The van der Waals surface area contributed by atoms with Crippen molar-refractivity contribution in [2.24, 2.45) is 0 Å². The van der Waals surface area contributed by atoms with Gasteiger partial charge in [0.2, 0.25) is 0 Å². The molecule has 1 aromatic carbocycles. The van der Waals surface area contributed by atoms with Gasteiger partial charge >= 0.3 is 0 Å². The Bertz CT molecular complexity index is 544. The van der Waals surface area contributed by atoms with E-state index in [1.54, 1.807) is 11.9 Å². The molecule has 0 radical (unpaired) electrons. The number of carbonyl (C=O) groups is 1. The van der Waals surface area contributed by atoms with E-state index in [4.69, 9.17) is 5.73 Å². The van der Waals surface area contributed by atoms with Crippen LogP contribution < -0.4 is 5.73 Å². The zero-order valence-corrected chi connectivity index (χ0v) is 10.5. The fourth-order valence-corrected chi connectivity index (χ4v) is 1.70. The number of carbonyl (C=O) groups excluding carboxylic acids is 1. The third kappa shape index (κ3) is 2.51. The summed E-state index contributed by atoms with van der Waals surface area (Å²) in [5, 5.41) is 6.36. The van der Waals surface area contributed by atoms with Crippen LogP contribution in [0.3, 0.4) is 0 Å². The third-order valence-electron chi connectivity index (χ3n) is 2.77. The molecule has 0 unspecified atom stereocenters. The minimum Gasteiger partial charge on any atom is -0.396 e. The summed E-state index contributed by atoms with van der Waals surface area (Å²) in [5.41, 5.74) is 8.64. The van der Waals surface area contributed by atoms with Crippen molar-refractivity contribution in [2.75, 3.05) is 12.8 Å². The molecule has 0 aliphatic carbocycles. The Labute approximate surface area is 106 Å². The molecule has 0 aliphatic heterocycles. The van der Waals surface area contributed by atoms with E-state index in [2.05, 4.69) is 10.2 Å². The maximum Gasteiger partial charge on any atom is 0.274 e. The van der Waals surface area contributed by atoms with Gasteiger partial charge < -0.3 is 10.6 Å². The van der Waals surface area contributed by atoms with Crippen LogP contribution in [0.5, 0.6) is 0 Å². The van der Waals surface area contributed by atoms with Crippen molar-refractivity contribution in [3.05, 3.63) is 47.3 Å². The average molecular weight is 244 g/mol. The highest BCUT2D eigenvalue weighted by Gasteiger charge is 2.16. The molecular formula is C13H16N4O. The zero-order valence-electron chi connectivity index (χ0n) is 10.5. The van der Waals surface area contributed by atoms with E-state index >= 15 is 0 Å². The lowest BCUT2D eigenvalue weighted by Gasteiger charge is -2.16. The average Bonchev–Trinajstić information content (AvgIpc) is 2.77. The first-order valence-corrected chi connectivity index (χ1v) is 5.68. The van der Waals surface area contributed by atoms with Gasteiger partial charge in [-0.2, -0.15) is 5.10 Å². The van der Waals surface area contributed by atoms with Crippen LogP contribution in [0.2, 0.25) is 0 Å². The van der Waals surface area contributed by atoms with Gasteiger partial charge in [-0.25, -0.2) is 0 Å². The number of hydrogen-bond acceptors (Lipinski definition) is 3. The molecule has 5 nitrogen and oxygen atoms in total. The van der Waals surface area contributed by atoms with Crippen LogP contribution in [-0.4, -0.2) is 28.1 Å². The van der Waals surface area contributed by atoms with Gasteiger partial charge in [-0.1, -0.05) is 29.8 Å². The lowest BCUT2D eigenvalue weighted by Crippen LogP contribution is -2.27. The zero-order chi connectivity index (χ0) is 13.1. The summed E-state index contributed by atoms with van der Waals surface area (Å²) in [7, 11) is 1.74. The third-order valence-corrected chi connectivity index (χ3v) is 2.77. The first-order valence-electron chi connectivity index (χ1n) is 5.68. The number of nitrogens with one attached hydrogen (secondary N) is 1. The van der Waals surface area contributed by atoms with E-state index in [1.807, 2.05) is 31.2 Å². The number of aromatic amines is 1. The molecule has 0 bridgehead atoms. The molecule has 0 saturated carbocycles. The molecule has 1 aromatic heterocycles. The van der Waals surface area contributed by atoms with E-state index in [1.165, 1.54) is 11.8 Å². The largest absolute Gasteiger partial charge is 0.396 e.